The highest BCUT2D eigenvalue weighted by molar-refractivity contribution is 5.54. The Morgan fingerprint density at radius 2 is 1.75 bits per heavy atom. The number of methoxy groups -OCH3 is 1. The summed E-state index contributed by atoms with van der Waals surface area (Å²) in [6, 6.07) is 9.68. The Balaban J connectivity index is 0.000000354. The van der Waals surface area contributed by atoms with Crippen LogP contribution in [0.1, 0.15) is 5.56 Å². The number of carbonyl (C=O) groups is 1. The van der Waals surface area contributed by atoms with Crippen molar-refractivity contribution >= 4 is 6.29 Å². The Bertz CT molecular complexity index is 194. The SMILES string of the molecule is COC.O=CCc1ccccc1. The highest BCUT2D eigenvalue weighted by Gasteiger charge is 1.84. The molecule has 0 saturated heterocycles. The van der Waals surface area contributed by atoms with Crippen LogP contribution < -0.4 is 0 Å². The lowest BCUT2D eigenvalue weighted by Gasteiger charge is -1.89. The highest BCUT2D eigenvalue weighted by atomic mass is 16.4. The summed E-state index contributed by atoms with van der Waals surface area (Å²) >= 11 is 0. The van der Waals surface area contributed by atoms with Crippen LogP contribution >= 0.6 is 0 Å². The van der Waals surface area contributed by atoms with Crippen molar-refractivity contribution in [2.24, 2.45) is 0 Å². The molecule has 1 rings (SSSR count). The van der Waals surface area contributed by atoms with Crippen molar-refractivity contribution in [2.75, 3.05) is 14.2 Å². The fourth-order valence-corrected chi connectivity index (χ4v) is 0.710. The van der Waals surface area contributed by atoms with Gasteiger partial charge in [0.15, 0.2) is 0 Å². The molecule has 0 radical (unpaired) electrons. The van der Waals surface area contributed by atoms with Gasteiger partial charge in [-0.1, -0.05) is 30.3 Å². The minimum Gasteiger partial charge on any atom is -0.388 e. The number of hydrogen-bond donors (Lipinski definition) is 0. The first kappa shape index (κ1) is 10.8. The first-order valence-corrected chi connectivity index (χ1v) is 3.72. The van der Waals surface area contributed by atoms with Crippen molar-refractivity contribution in [1.82, 2.24) is 0 Å². The molecule has 2 heteroatoms. The van der Waals surface area contributed by atoms with Crippen molar-refractivity contribution in [3.05, 3.63) is 35.9 Å². The van der Waals surface area contributed by atoms with E-state index in [1.165, 1.54) is 0 Å². The molecule has 0 bridgehead atoms. The van der Waals surface area contributed by atoms with E-state index in [1.54, 1.807) is 14.2 Å². The molecular weight excluding hydrogens is 152 g/mol. The second-order valence-corrected chi connectivity index (χ2v) is 2.26. The van der Waals surface area contributed by atoms with Crippen molar-refractivity contribution in [3.8, 4) is 0 Å². The normalized spacial score (nSPS) is 8.17. The predicted molar refractivity (Wildman–Crippen MR) is 49.1 cm³/mol. The monoisotopic (exact) mass is 166 g/mol. The van der Waals surface area contributed by atoms with Gasteiger partial charge < -0.3 is 9.53 Å². The van der Waals surface area contributed by atoms with E-state index in [-0.39, 0.29) is 0 Å². The zero-order valence-electron chi connectivity index (χ0n) is 7.49. The van der Waals surface area contributed by atoms with E-state index in [0.29, 0.717) is 6.42 Å². The maximum absolute atomic E-state index is 9.97. The lowest BCUT2D eigenvalue weighted by Crippen LogP contribution is -1.82. The Kier molecular flexibility index (Phi) is 7.19. The number of benzene rings is 1. The van der Waals surface area contributed by atoms with E-state index in [0.717, 1.165) is 11.8 Å². The second kappa shape index (κ2) is 7.95. The fraction of sp³-hybridized carbons (Fsp3) is 0.300. The van der Waals surface area contributed by atoms with E-state index in [4.69, 9.17) is 0 Å². The number of rotatable bonds is 2. The number of carbonyl (C=O) groups excluding carboxylic acids is 1. The predicted octanol–water partition coefficient (Wildman–Crippen LogP) is 1.69. The molecule has 0 saturated carbocycles. The molecule has 0 fully saturated rings. The molecule has 1 aromatic carbocycles. The molecule has 1 aromatic rings. The largest absolute Gasteiger partial charge is 0.388 e. The molecule has 0 amide bonds. The minimum absolute atomic E-state index is 0.529. The molecule has 12 heavy (non-hydrogen) atoms. The Morgan fingerprint density at radius 3 is 2.17 bits per heavy atom. The zero-order chi connectivity index (χ0) is 9.23. The summed E-state index contributed by atoms with van der Waals surface area (Å²) < 4.78 is 4.25. The van der Waals surface area contributed by atoms with Crippen molar-refractivity contribution in [1.29, 1.82) is 0 Å². The smallest absolute Gasteiger partial charge is 0.124 e. The fourth-order valence-electron chi connectivity index (χ4n) is 0.710. The second-order valence-electron chi connectivity index (χ2n) is 2.26. The van der Waals surface area contributed by atoms with Gasteiger partial charge >= 0.3 is 0 Å². The van der Waals surface area contributed by atoms with E-state index in [9.17, 15) is 4.79 Å². The Morgan fingerprint density at radius 1 is 1.25 bits per heavy atom. The van der Waals surface area contributed by atoms with Crippen LogP contribution in [-0.4, -0.2) is 20.5 Å². The number of aldehydes is 1. The third-order valence-electron chi connectivity index (χ3n) is 1.16. The number of hydrogen-bond acceptors (Lipinski definition) is 2. The van der Waals surface area contributed by atoms with Gasteiger partial charge in [0.1, 0.15) is 6.29 Å². The molecule has 66 valence electrons. The van der Waals surface area contributed by atoms with Crippen molar-refractivity contribution < 1.29 is 9.53 Å². The molecule has 0 N–H and O–H groups in total. The van der Waals surface area contributed by atoms with Crippen molar-refractivity contribution in [2.45, 2.75) is 6.42 Å². The lowest BCUT2D eigenvalue weighted by molar-refractivity contribution is -0.107. The van der Waals surface area contributed by atoms with E-state index >= 15 is 0 Å². The van der Waals surface area contributed by atoms with Gasteiger partial charge in [-0.3, -0.25) is 0 Å². The molecule has 0 spiro atoms. The van der Waals surface area contributed by atoms with Gasteiger partial charge in [-0.2, -0.15) is 0 Å². The van der Waals surface area contributed by atoms with Crippen LogP contribution in [0.15, 0.2) is 30.3 Å². The molecule has 0 unspecified atom stereocenters. The summed E-state index contributed by atoms with van der Waals surface area (Å²) in [5.74, 6) is 0. The summed E-state index contributed by atoms with van der Waals surface area (Å²) in [5, 5.41) is 0. The summed E-state index contributed by atoms with van der Waals surface area (Å²) in [4.78, 5) is 9.97. The highest BCUT2D eigenvalue weighted by Crippen LogP contribution is 1.96. The summed E-state index contributed by atoms with van der Waals surface area (Å²) in [5.41, 5.74) is 1.08. The van der Waals surface area contributed by atoms with Gasteiger partial charge in [-0.05, 0) is 5.56 Å². The molecule has 0 aromatic heterocycles. The quantitative estimate of drug-likeness (QED) is 0.625. The third kappa shape index (κ3) is 5.62. The van der Waals surface area contributed by atoms with Crippen LogP contribution in [0.4, 0.5) is 0 Å². The summed E-state index contributed by atoms with van der Waals surface area (Å²) in [6.45, 7) is 0. The maximum Gasteiger partial charge on any atom is 0.124 e. The average Bonchev–Trinajstić information content (AvgIpc) is 2.08. The van der Waals surface area contributed by atoms with Gasteiger partial charge in [0.25, 0.3) is 0 Å². The van der Waals surface area contributed by atoms with Crippen molar-refractivity contribution in [3.63, 3.8) is 0 Å². The van der Waals surface area contributed by atoms with Crippen LogP contribution in [0.3, 0.4) is 0 Å². The van der Waals surface area contributed by atoms with Gasteiger partial charge in [0.05, 0.1) is 0 Å². The minimum atomic E-state index is 0.529. The van der Waals surface area contributed by atoms with Gasteiger partial charge in [-0.25, -0.2) is 0 Å². The van der Waals surface area contributed by atoms with Crippen LogP contribution in [-0.2, 0) is 16.0 Å². The number of ether oxygens (including phenoxy) is 1. The Labute approximate surface area is 73.2 Å². The summed E-state index contributed by atoms with van der Waals surface area (Å²) in [7, 11) is 3.25. The topological polar surface area (TPSA) is 26.3 Å². The standard InChI is InChI=1S/C8H8O.C2H6O/c9-7-6-8-4-2-1-3-5-8;1-3-2/h1-5,7H,6H2;1-2H3. The molecule has 0 aliphatic rings. The van der Waals surface area contributed by atoms with E-state index in [2.05, 4.69) is 4.74 Å². The maximum atomic E-state index is 9.97. The molecule has 0 aliphatic carbocycles. The van der Waals surface area contributed by atoms with Gasteiger partial charge in [-0.15, -0.1) is 0 Å². The molecular formula is C10H14O2. The average molecular weight is 166 g/mol. The van der Waals surface area contributed by atoms with E-state index in [1.807, 2.05) is 30.3 Å². The van der Waals surface area contributed by atoms with Gasteiger partial charge in [0.2, 0.25) is 0 Å². The van der Waals surface area contributed by atoms with Crippen LogP contribution in [0, 0.1) is 0 Å². The van der Waals surface area contributed by atoms with E-state index < -0.39 is 0 Å². The lowest BCUT2D eigenvalue weighted by atomic mass is 10.2. The Hall–Kier alpha value is -1.15. The zero-order valence-corrected chi connectivity index (χ0v) is 7.49. The molecule has 0 heterocycles. The van der Waals surface area contributed by atoms with Gasteiger partial charge in [0, 0.05) is 20.6 Å². The summed E-state index contributed by atoms with van der Waals surface area (Å²) in [6.07, 6.45) is 1.44. The third-order valence-corrected chi connectivity index (χ3v) is 1.16. The van der Waals surface area contributed by atoms with Crippen LogP contribution in [0.25, 0.3) is 0 Å². The van der Waals surface area contributed by atoms with Crippen LogP contribution in [0.5, 0.6) is 0 Å². The van der Waals surface area contributed by atoms with Crippen LogP contribution in [0.2, 0.25) is 0 Å². The molecule has 2 nitrogen and oxygen atoms in total. The molecule has 0 atom stereocenters. The first-order valence-electron chi connectivity index (χ1n) is 3.72. The molecule has 0 aliphatic heterocycles. The first-order chi connectivity index (χ1) is 5.85.